The second-order valence-electron chi connectivity index (χ2n) is 7.61. The number of rotatable bonds is 5. The van der Waals surface area contributed by atoms with Crippen LogP contribution in [0.25, 0.3) is 0 Å². The first kappa shape index (κ1) is 15.8. The van der Waals surface area contributed by atoms with E-state index in [2.05, 4.69) is 40.4 Å². The van der Waals surface area contributed by atoms with Crippen molar-refractivity contribution in [3.8, 4) is 0 Å². The highest BCUT2D eigenvalue weighted by Crippen LogP contribution is 2.74. The Labute approximate surface area is 125 Å². The summed E-state index contributed by atoms with van der Waals surface area (Å²) in [6.07, 6.45) is 5.35. The lowest BCUT2D eigenvalue weighted by Gasteiger charge is -2.72. The molecule has 3 fully saturated rings. The summed E-state index contributed by atoms with van der Waals surface area (Å²) in [6, 6.07) is 0. The lowest BCUT2D eigenvalue weighted by Crippen LogP contribution is -2.65. The number of ether oxygens (including phenoxy) is 1. The first-order valence-corrected chi connectivity index (χ1v) is 10.4. The molecular formula is C17H29O2Si. The van der Waals surface area contributed by atoms with Gasteiger partial charge in [-0.05, 0) is 47.5 Å². The maximum absolute atomic E-state index is 11.5. The number of fused-ring (bicyclic) bond motifs is 2. The Morgan fingerprint density at radius 3 is 2.55 bits per heavy atom. The van der Waals surface area contributed by atoms with Gasteiger partial charge in [0.25, 0.3) is 0 Å². The number of hydrogen-bond acceptors (Lipinski definition) is 2. The largest absolute Gasteiger partial charge is 0.463 e. The average Bonchev–Trinajstić information content (AvgIpc) is 2.39. The quantitative estimate of drug-likeness (QED) is 0.429. The van der Waals surface area contributed by atoms with Crippen LogP contribution in [0, 0.1) is 22.7 Å². The molecule has 4 unspecified atom stereocenters. The second kappa shape index (κ2) is 5.32. The molecular weight excluding hydrogens is 264 g/mol. The molecule has 0 saturated heterocycles. The predicted molar refractivity (Wildman–Crippen MR) is 85.1 cm³/mol. The Balaban J connectivity index is 2.23. The number of esters is 1. The SMILES string of the molecule is C=CC(=O)OCC([Si](C)C)C12CC(CCC1C)C2(C)C. The first-order chi connectivity index (χ1) is 9.27. The normalized spacial score (nSPS) is 36.1. The number of carbonyl (C=O) groups excluding carboxylic acids is 1. The summed E-state index contributed by atoms with van der Waals surface area (Å²) in [5.74, 6) is 1.35. The van der Waals surface area contributed by atoms with Gasteiger partial charge in [0.05, 0.1) is 6.61 Å². The van der Waals surface area contributed by atoms with Gasteiger partial charge in [-0.15, -0.1) is 0 Å². The third kappa shape index (κ3) is 2.09. The van der Waals surface area contributed by atoms with Gasteiger partial charge in [0.15, 0.2) is 0 Å². The van der Waals surface area contributed by atoms with Gasteiger partial charge in [0.1, 0.15) is 0 Å². The summed E-state index contributed by atoms with van der Waals surface area (Å²) in [7, 11) is -0.510. The van der Waals surface area contributed by atoms with E-state index in [4.69, 9.17) is 4.74 Å². The first-order valence-electron chi connectivity index (χ1n) is 7.86. The zero-order valence-corrected chi connectivity index (χ0v) is 14.7. The van der Waals surface area contributed by atoms with Gasteiger partial charge in [-0.25, -0.2) is 4.79 Å². The van der Waals surface area contributed by atoms with E-state index in [1.54, 1.807) is 0 Å². The fourth-order valence-electron chi connectivity index (χ4n) is 5.17. The van der Waals surface area contributed by atoms with Crippen LogP contribution in [0.1, 0.15) is 40.0 Å². The Kier molecular flexibility index (Phi) is 4.21. The maximum Gasteiger partial charge on any atom is 0.330 e. The van der Waals surface area contributed by atoms with Crippen LogP contribution >= 0.6 is 0 Å². The molecule has 0 aromatic rings. The van der Waals surface area contributed by atoms with E-state index in [9.17, 15) is 4.79 Å². The zero-order chi connectivity index (χ0) is 15.1. The van der Waals surface area contributed by atoms with E-state index in [0.717, 1.165) is 11.8 Å². The van der Waals surface area contributed by atoms with Crippen LogP contribution in [0.4, 0.5) is 0 Å². The molecule has 0 aliphatic heterocycles. The minimum atomic E-state index is -0.510. The standard InChI is InChI=1S/C17H29O2Si/c1-7-15(18)19-11-14(20(5)6)17-10-13(16(17,3)4)9-8-12(17)2/h7,12-14H,1,8-11H2,2-6H3. The van der Waals surface area contributed by atoms with Crippen LogP contribution < -0.4 is 0 Å². The molecule has 20 heavy (non-hydrogen) atoms. The molecule has 4 atom stereocenters. The van der Waals surface area contributed by atoms with Crippen molar-refractivity contribution in [2.24, 2.45) is 22.7 Å². The van der Waals surface area contributed by atoms with Gasteiger partial charge in [0.2, 0.25) is 0 Å². The molecule has 0 heterocycles. The fourth-order valence-corrected chi connectivity index (χ4v) is 7.39. The highest BCUT2D eigenvalue weighted by atomic mass is 28.3. The molecule has 113 valence electrons. The van der Waals surface area contributed by atoms with Crippen molar-refractivity contribution in [1.82, 2.24) is 0 Å². The molecule has 3 heteroatoms. The highest BCUT2D eigenvalue weighted by Gasteiger charge is 2.67. The van der Waals surface area contributed by atoms with E-state index in [1.165, 1.54) is 25.3 Å². The molecule has 0 N–H and O–H groups in total. The third-order valence-corrected chi connectivity index (χ3v) is 8.59. The number of carbonyl (C=O) groups is 1. The number of hydrogen-bond donors (Lipinski definition) is 0. The Hall–Kier alpha value is -0.573. The van der Waals surface area contributed by atoms with Gasteiger partial charge in [-0.1, -0.05) is 40.4 Å². The lowest BCUT2D eigenvalue weighted by atomic mass is 9.36. The smallest absolute Gasteiger partial charge is 0.330 e. The highest BCUT2D eigenvalue weighted by molar-refractivity contribution is 6.57. The lowest BCUT2D eigenvalue weighted by molar-refractivity contribution is -0.204. The van der Waals surface area contributed by atoms with Gasteiger partial charge >= 0.3 is 5.97 Å². The van der Waals surface area contributed by atoms with Crippen molar-refractivity contribution < 1.29 is 9.53 Å². The fraction of sp³-hybridized carbons (Fsp3) is 0.824. The molecule has 3 aliphatic carbocycles. The van der Waals surface area contributed by atoms with Crippen LogP contribution in [0.2, 0.25) is 18.6 Å². The third-order valence-electron chi connectivity index (χ3n) is 6.51. The summed E-state index contributed by atoms with van der Waals surface area (Å²) in [4.78, 5) is 11.5. The van der Waals surface area contributed by atoms with Crippen molar-refractivity contribution in [3.05, 3.63) is 12.7 Å². The second-order valence-corrected chi connectivity index (χ2v) is 10.5. The Morgan fingerprint density at radius 2 is 2.10 bits per heavy atom. The summed E-state index contributed by atoms with van der Waals surface area (Å²) in [5.41, 5.74) is 1.34. The predicted octanol–water partition coefficient (Wildman–Crippen LogP) is 4.30. The van der Waals surface area contributed by atoms with Crippen molar-refractivity contribution in [3.63, 3.8) is 0 Å². The van der Waals surface area contributed by atoms with E-state index in [-0.39, 0.29) is 5.97 Å². The van der Waals surface area contributed by atoms with E-state index < -0.39 is 8.80 Å². The van der Waals surface area contributed by atoms with Crippen molar-refractivity contribution in [2.45, 2.75) is 58.7 Å². The minimum Gasteiger partial charge on any atom is -0.463 e. The molecule has 0 amide bonds. The molecule has 3 rings (SSSR count). The molecule has 0 aromatic heterocycles. The Bertz CT molecular complexity index is 402. The average molecular weight is 294 g/mol. The monoisotopic (exact) mass is 293 g/mol. The van der Waals surface area contributed by atoms with Gasteiger partial charge in [0, 0.05) is 14.9 Å². The van der Waals surface area contributed by atoms with Gasteiger partial charge < -0.3 is 4.74 Å². The van der Waals surface area contributed by atoms with Crippen LogP contribution in [-0.4, -0.2) is 21.4 Å². The van der Waals surface area contributed by atoms with Gasteiger partial charge in [-0.3, -0.25) is 0 Å². The molecule has 2 nitrogen and oxygen atoms in total. The molecule has 3 aliphatic rings. The molecule has 3 saturated carbocycles. The summed E-state index contributed by atoms with van der Waals surface area (Å²) >= 11 is 0. The van der Waals surface area contributed by atoms with Crippen LogP contribution in [0.5, 0.6) is 0 Å². The van der Waals surface area contributed by atoms with E-state index in [0.29, 0.717) is 23.0 Å². The van der Waals surface area contributed by atoms with E-state index >= 15 is 0 Å². The van der Waals surface area contributed by atoms with Crippen molar-refractivity contribution in [2.75, 3.05) is 6.61 Å². The van der Waals surface area contributed by atoms with Crippen LogP contribution in [0.3, 0.4) is 0 Å². The summed E-state index contributed by atoms with van der Waals surface area (Å²) in [5, 5.41) is 0. The van der Waals surface area contributed by atoms with E-state index in [1.807, 2.05) is 0 Å². The maximum atomic E-state index is 11.5. The molecule has 0 aromatic carbocycles. The minimum absolute atomic E-state index is 0.271. The topological polar surface area (TPSA) is 26.3 Å². The summed E-state index contributed by atoms with van der Waals surface area (Å²) in [6.45, 7) is 16.2. The van der Waals surface area contributed by atoms with Gasteiger partial charge in [-0.2, -0.15) is 0 Å². The molecule has 2 bridgehead atoms. The van der Waals surface area contributed by atoms with Crippen LogP contribution in [-0.2, 0) is 9.53 Å². The molecule has 0 spiro atoms. The summed E-state index contributed by atoms with van der Waals surface area (Å²) < 4.78 is 5.47. The zero-order valence-electron chi connectivity index (χ0n) is 13.7. The Morgan fingerprint density at radius 1 is 1.45 bits per heavy atom. The van der Waals surface area contributed by atoms with Crippen LogP contribution in [0.15, 0.2) is 12.7 Å². The van der Waals surface area contributed by atoms with Crippen molar-refractivity contribution in [1.29, 1.82) is 0 Å². The molecule has 1 radical (unpaired) electrons. The van der Waals surface area contributed by atoms with Crippen molar-refractivity contribution >= 4 is 14.8 Å².